The van der Waals surface area contributed by atoms with E-state index < -0.39 is 0 Å². The van der Waals surface area contributed by atoms with Crippen molar-refractivity contribution in [3.63, 3.8) is 0 Å². The van der Waals surface area contributed by atoms with Crippen molar-refractivity contribution in [1.82, 2.24) is 19.1 Å². The van der Waals surface area contributed by atoms with E-state index in [2.05, 4.69) is 106 Å². The van der Waals surface area contributed by atoms with Gasteiger partial charge in [0.25, 0.3) is 0 Å². The van der Waals surface area contributed by atoms with Gasteiger partial charge in [-0.3, -0.25) is 4.98 Å². The zero-order valence-corrected chi connectivity index (χ0v) is 21.8. The summed E-state index contributed by atoms with van der Waals surface area (Å²) in [5.74, 6) is 0.923. The molecule has 4 heterocycles. The maximum absolute atomic E-state index is 5.38. The lowest BCUT2D eigenvalue weighted by molar-refractivity contribution is 0.568. The molecule has 0 aliphatic rings. The van der Waals surface area contributed by atoms with E-state index in [1.807, 2.05) is 30.5 Å². The van der Waals surface area contributed by atoms with Crippen LogP contribution in [0.5, 0.6) is 0 Å². The van der Waals surface area contributed by atoms with Gasteiger partial charge in [0.15, 0.2) is 0 Å². The minimum atomic E-state index is 0.923. The third kappa shape index (κ3) is 3.41. The quantitative estimate of drug-likeness (QED) is 0.235. The van der Waals surface area contributed by atoms with E-state index in [1.165, 1.54) is 16.3 Å². The zero-order chi connectivity index (χ0) is 26.6. The molecule has 5 heteroatoms. The third-order valence-corrected chi connectivity index (χ3v) is 7.72. The zero-order valence-electron chi connectivity index (χ0n) is 21.8. The SMILES string of the molecule is Cn1c(-c2ccc3c4ccccc4n(-c4cccc(-c5ccccn5)c4)c3c2)nc2cccc(-c3ccoc3)c21. The summed E-state index contributed by atoms with van der Waals surface area (Å²) in [5.41, 5.74) is 10.7. The van der Waals surface area contributed by atoms with Crippen LogP contribution in [0.25, 0.3) is 72.3 Å². The fraction of sp³-hybridized carbons (Fsp3) is 0.0286. The van der Waals surface area contributed by atoms with E-state index in [0.717, 1.165) is 56.0 Å². The number of hydrogen-bond acceptors (Lipinski definition) is 3. The molecule has 4 aromatic heterocycles. The van der Waals surface area contributed by atoms with Gasteiger partial charge in [-0.2, -0.15) is 0 Å². The lowest BCUT2D eigenvalue weighted by atomic mass is 10.1. The van der Waals surface area contributed by atoms with Crippen molar-refractivity contribution < 1.29 is 4.42 Å². The van der Waals surface area contributed by atoms with Gasteiger partial charge in [-0.05, 0) is 48.5 Å². The van der Waals surface area contributed by atoms with E-state index >= 15 is 0 Å². The number of furan rings is 1. The first kappa shape index (κ1) is 22.6. The topological polar surface area (TPSA) is 48.8 Å². The lowest BCUT2D eigenvalue weighted by Crippen LogP contribution is -1.96. The molecule has 0 unspecified atom stereocenters. The second kappa shape index (κ2) is 8.82. The average molecular weight is 517 g/mol. The Morgan fingerprint density at radius 3 is 2.42 bits per heavy atom. The van der Waals surface area contributed by atoms with Gasteiger partial charge in [0.2, 0.25) is 0 Å². The predicted molar refractivity (Wildman–Crippen MR) is 161 cm³/mol. The first-order valence-electron chi connectivity index (χ1n) is 13.3. The van der Waals surface area contributed by atoms with E-state index in [1.54, 1.807) is 12.5 Å². The molecule has 0 bridgehead atoms. The second-order valence-electron chi connectivity index (χ2n) is 10.0. The highest BCUT2D eigenvalue weighted by Crippen LogP contribution is 2.37. The normalized spacial score (nSPS) is 11.6. The molecule has 0 amide bonds. The van der Waals surface area contributed by atoms with Crippen LogP contribution < -0.4 is 0 Å². The number of hydrogen-bond donors (Lipinski definition) is 0. The Kier molecular flexibility index (Phi) is 4.97. The smallest absolute Gasteiger partial charge is 0.140 e. The second-order valence-corrected chi connectivity index (χ2v) is 10.0. The number of pyridine rings is 1. The van der Waals surface area contributed by atoms with Gasteiger partial charge < -0.3 is 13.6 Å². The standard InChI is InChI=1S/C35H24N4O/c1-38-34-27(25-17-19-40-22-25)11-7-13-31(34)37-35(38)24-15-16-29-28-10-2-3-14-32(28)39(33(29)21-24)26-9-6-8-23(20-26)30-12-4-5-18-36-30/h2-22H,1H3. The van der Waals surface area contributed by atoms with Crippen LogP contribution in [0.2, 0.25) is 0 Å². The number of rotatable bonds is 4. The first-order chi connectivity index (χ1) is 19.8. The molecule has 0 saturated carbocycles. The molecular weight excluding hydrogens is 492 g/mol. The molecule has 190 valence electrons. The molecule has 0 N–H and O–H groups in total. The largest absolute Gasteiger partial charge is 0.472 e. The van der Waals surface area contributed by atoms with Crippen LogP contribution in [-0.2, 0) is 7.05 Å². The highest BCUT2D eigenvalue weighted by Gasteiger charge is 2.18. The van der Waals surface area contributed by atoms with E-state index in [-0.39, 0.29) is 0 Å². The van der Waals surface area contributed by atoms with E-state index in [4.69, 9.17) is 9.40 Å². The van der Waals surface area contributed by atoms with Crippen molar-refractivity contribution >= 4 is 32.8 Å². The molecule has 40 heavy (non-hydrogen) atoms. The fourth-order valence-corrected chi connectivity index (χ4v) is 5.90. The Bertz CT molecular complexity index is 2170. The molecule has 8 rings (SSSR count). The lowest BCUT2D eigenvalue weighted by Gasteiger charge is -2.11. The summed E-state index contributed by atoms with van der Waals surface area (Å²) in [6, 6.07) is 38.1. The minimum absolute atomic E-state index is 0.923. The Labute approximate surface area is 230 Å². The van der Waals surface area contributed by atoms with Crippen molar-refractivity contribution in [1.29, 1.82) is 0 Å². The van der Waals surface area contributed by atoms with Crippen LogP contribution in [0.1, 0.15) is 0 Å². The number of benzene rings is 4. The Morgan fingerprint density at radius 2 is 1.55 bits per heavy atom. The summed E-state index contributed by atoms with van der Waals surface area (Å²) in [6.07, 6.45) is 5.33. The monoisotopic (exact) mass is 516 g/mol. The number of aromatic nitrogens is 4. The molecule has 0 saturated heterocycles. The molecule has 0 atom stereocenters. The molecule has 0 fully saturated rings. The van der Waals surface area contributed by atoms with Gasteiger partial charge in [0, 0.05) is 52.0 Å². The highest BCUT2D eigenvalue weighted by atomic mass is 16.3. The van der Waals surface area contributed by atoms with E-state index in [0.29, 0.717) is 0 Å². The van der Waals surface area contributed by atoms with Crippen LogP contribution in [0.3, 0.4) is 0 Å². The summed E-state index contributed by atoms with van der Waals surface area (Å²) in [4.78, 5) is 9.66. The van der Waals surface area contributed by atoms with Crippen LogP contribution in [-0.4, -0.2) is 19.1 Å². The van der Waals surface area contributed by atoms with Crippen molar-refractivity contribution in [3.05, 3.63) is 128 Å². The van der Waals surface area contributed by atoms with Crippen molar-refractivity contribution in [2.24, 2.45) is 7.05 Å². The summed E-state index contributed by atoms with van der Waals surface area (Å²) >= 11 is 0. The molecule has 4 aromatic carbocycles. The summed E-state index contributed by atoms with van der Waals surface area (Å²) < 4.78 is 9.92. The third-order valence-electron chi connectivity index (χ3n) is 7.72. The summed E-state index contributed by atoms with van der Waals surface area (Å²) in [7, 11) is 2.09. The molecule has 0 radical (unpaired) electrons. The summed E-state index contributed by atoms with van der Waals surface area (Å²) in [6.45, 7) is 0. The first-order valence-corrected chi connectivity index (χ1v) is 13.3. The van der Waals surface area contributed by atoms with Crippen LogP contribution in [0, 0.1) is 0 Å². The maximum Gasteiger partial charge on any atom is 0.140 e. The summed E-state index contributed by atoms with van der Waals surface area (Å²) in [5, 5.41) is 2.43. The Hall–Kier alpha value is -5.42. The van der Waals surface area contributed by atoms with Crippen LogP contribution in [0.4, 0.5) is 0 Å². The Balaban J connectivity index is 1.36. The fourth-order valence-electron chi connectivity index (χ4n) is 5.90. The number of fused-ring (bicyclic) bond motifs is 4. The predicted octanol–water partition coefficient (Wildman–Crippen LogP) is 8.66. The molecular formula is C35H24N4O. The molecule has 0 aliphatic carbocycles. The number of nitrogens with zero attached hydrogens (tertiary/aromatic N) is 4. The van der Waals surface area contributed by atoms with E-state index in [9.17, 15) is 0 Å². The Morgan fingerprint density at radius 1 is 0.675 bits per heavy atom. The van der Waals surface area contributed by atoms with Crippen molar-refractivity contribution in [2.75, 3.05) is 0 Å². The molecule has 0 spiro atoms. The number of aryl methyl sites for hydroxylation is 1. The molecule has 5 nitrogen and oxygen atoms in total. The van der Waals surface area contributed by atoms with Gasteiger partial charge in [-0.1, -0.05) is 60.7 Å². The molecule has 8 aromatic rings. The van der Waals surface area contributed by atoms with Gasteiger partial charge in [0.1, 0.15) is 5.82 Å². The average Bonchev–Trinajstić information content (AvgIpc) is 3.74. The van der Waals surface area contributed by atoms with Crippen LogP contribution >= 0.6 is 0 Å². The van der Waals surface area contributed by atoms with Gasteiger partial charge in [-0.15, -0.1) is 0 Å². The minimum Gasteiger partial charge on any atom is -0.472 e. The van der Waals surface area contributed by atoms with Gasteiger partial charge >= 0.3 is 0 Å². The van der Waals surface area contributed by atoms with Crippen molar-refractivity contribution in [2.45, 2.75) is 0 Å². The highest BCUT2D eigenvalue weighted by molar-refractivity contribution is 6.10. The maximum atomic E-state index is 5.38. The van der Waals surface area contributed by atoms with Crippen LogP contribution in [0.15, 0.2) is 132 Å². The number of para-hydroxylation sites is 2. The van der Waals surface area contributed by atoms with Crippen molar-refractivity contribution in [3.8, 4) is 39.5 Å². The van der Waals surface area contributed by atoms with Gasteiger partial charge in [0.05, 0.1) is 40.3 Å². The number of imidazole rings is 1. The van der Waals surface area contributed by atoms with Gasteiger partial charge in [-0.25, -0.2) is 4.98 Å². The molecule has 0 aliphatic heterocycles.